The van der Waals surface area contributed by atoms with Crippen molar-refractivity contribution in [2.45, 2.75) is 64.5 Å². The molecule has 3 aromatic rings. The van der Waals surface area contributed by atoms with Crippen molar-refractivity contribution in [3.8, 4) is 5.75 Å². The minimum atomic E-state index is 0.380. The molecule has 33 heavy (non-hydrogen) atoms. The number of imidazole rings is 1. The first-order valence-electron chi connectivity index (χ1n) is 12.7. The Labute approximate surface area is 196 Å². The van der Waals surface area contributed by atoms with Crippen molar-refractivity contribution < 1.29 is 9.53 Å². The Morgan fingerprint density at radius 2 is 1.61 bits per heavy atom. The van der Waals surface area contributed by atoms with E-state index in [0.29, 0.717) is 24.3 Å². The second-order valence-corrected chi connectivity index (χ2v) is 9.76. The summed E-state index contributed by atoms with van der Waals surface area (Å²) in [4.78, 5) is 19.8. The monoisotopic (exact) mass is 445 g/mol. The molecule has 1 saturated heterocycles. The first kappa shape index (κ1) is 22.0. The second-order valence-electron chi connectivity index (χ2n) is 9.76. The fourth-order valence-electron chi connectivity index (χ4n) is 5.49. The largest absolute Gasteiger partial charge is 0.486 e. The number of fused-ring (bicyclic) bond motifs is 1. The van der Waals surface area contributed by atoms with Crippen molar-refractivity contribution in [2.75, 3.05) is 13.1 Å². The molecule has 1 aliphatic carbocycles. The number of rotatable bonds is 7. The summed E-state index contributed by atoms with van der Waals surface area (Å²) >= 11 is 0. The third-order valence-electron chi connectivity index (χ3n) is 7.44. The van der Waals surface area contributed by atoms with Gasteiger partial charge in [0, 0.05) is 26.1 Å². The Kier molecular flexibility index (Phi) is 6.94. The van der Waals surface area contributed by atoms with Crippen molar-refractivity contribution in [3.05, 3.63) is 60.4 Å². The highest BCUT2D eigenvalue weighted by Crippen LogP contribution is 2.29. The van der Waals surface area contributed by atoms with Crippen LogP contribution in [0.15, 0.2) is 54.6 Å². The Morgan fingerprint density at radius 3 is 2.39 bits per heavy atom. The molecule has 1 aliphatic heterocycles. The zero-order valence-corrected chi connectivity index (χ0v) is 19.5. The molecule has 2 aliphatic rings. The van der Waals surface area contributed by atoms with Gasteiger partial charge in [0.2, 0.25) is 5.91 Å². The smallest absolute Gasteiger partial charge is 0.222 e. The molecule has 2 aromatic carbocycles. The fourth-order valence-corrected chi connectivity index (χ4v) is 5.49. The summed E-state index contributed by atoms with van der Waals surface area (Å²) in [5.74, 6) is 3.38. The quantitative estimate of drug-likeness (QED) is 0.460. The maximum Gasteiger partial charge on any atom is 0.222 e. The number of nitrogens with zero attached hydrogens (tertiary/aromatic N) is 3. The number of carbonyl (C=O) groups is 1. The van der Waals surface area contributed by atoms with Crippen LogP contribution in [0, 0.1) is 11.8 Å². The normalized spacial score (nSPS) is 18.0. The Balaban J connectivity index is 1.21. The second kappa shape index (κ2) is 10.4. The molecule has 1 aromatic heterocycles. The summed E-state index contributed by atoms with van der Waals surface area (Å²) in [6.45, 7) is 3.16. The highest BCUT2D eigenvalue weighted by atomic mass is 16.5. The number of aromatic nitrogens is 2. The molecule has 0 atom stereocenters. The summed E-state index contributed by atoms with van der Waals surface area (Å²) in [7, 11) is 0. The van der Waals surface area contributed by atoms with Gasteiger partial charge in [0.25, 0.3) is 0 Å². The van der Waals surface area contributed by atoms with E-state index in [4.69, 9.17) is 9.72 Å². The SMILES string of the molecule is O=C(CC1CCCCC1)N1CCC(Cn2c(COc3ccccc3)nc3ccccc32)CC1. The molecule has 2 heterocycles. The van der Waals surface area contributed by atoms with E-state index < -0.39 is 0 Å². The van der Waals surface area contributed by atoms with Crippen LogP contribution in [-0.4, -0.2) is 33.4 Å². The van der Waals surface area contributed by atoms with Crippen LogP contribution in [0.4, 0.5) is 0 Å². The van der Waals surface area contributed by atoms with E-state index in [9.17, 15) is 4.79 Å². The predicted octanol–water partition coefficient (Wildman–Crippen LogP) is 5.82. The van der Waals surface area contributed by atoms with Crippen LogP contribution in [-0.2, 0) is 17.9 Å². The lowest BCUT2D eigenvalue weighted by molar-refractivity contribution is -0.133. The van der Waals surface area contributed by atoms with Crippen molar-refractivity contribution in [2.24, 2.45) is 11.8 Å². The van der Waals surface area contributed by atoms with Crippen LogP contribution in [0.5, 0.6) is 5.75 Å². The minimum Gasteiger partial charge on any atom is -0.486 e. The minimum absolute atomic E-state index is 0.380. The molecule has 1 amide bonds. The molecule has 5 rings (SSSR count). The number of amides is 1. The third kappa shape index (κ3) is 5.40. The first-order chi connectivity index (χ1) is 16.3. The van der Waals surface area contributed by atoms with Gasteiger partial charge in [0.05, 0.1) is 11.0 Å². The number of likely N-dealkylation sites (tertiary alicyclic amines) is 1. The van der Waals surface area contributed by atoms with E-state index >= 15 is 0 Å². The highest BCUT2D eigenvalue weighted by Gasteiger charge is 2.26. The number of hydrogen-bond acceptors (Lipinski definition) is 3. The molecule has 0 unspecified atom stereocenters. The lowest BCUT2D eigenvalue weighted by atomic mass is 9.86. The molecule has 5 heteroatoms. The van der Waals surface area contributed by atoms with Crippen LogP contribution in [0.25, 0.3) is 11.0 Å². The molecule has 0 radical (unpaired) electrons. The summed E-state index contributed by atoms with van der Waals surface area (Å²) in [5.41, 5.74) is 2.18. The molecule has 0 spiro atoms. The molecule has 0 N–H and O–H groups in total. The zero-order valence-electron chi connectivity index (χ0n) is 19.5. The summed E-state index contributed by atoms with van der Waals surface area (Å²) in [6, 6.07) is 18.3. The zero-order chi connectivity index (χ0) is 22.5. The van der Waals surface area contributed by atoms with E-state index in [1.54, 1.807) is 0 Å². The number of ether oxygens (including phenoxy) is 1. The summed E-state index contributed by atoms with van der Waals surface area (Å²) < 4.78 is 8.37. The van der Waals surface area contributed by atoms with Crippen LogP contribution in [0.3, 0.4) is 0 Å². The summed E-state index contributed by atoms with van der Waals surface area (Å²) in [5, 5.41) is 0. The number of piperidine rings is 1. The van der Waals surface area contributed by atoms with Gasteiger partial charge in [-0.05, 0) is 61.8 Å². The number of carbonyl (C=O) groups excluding carboxylic acids is 1. The van der Waals surface area contributed by atoms with E-state index in [-0.39, 0.29) is 0 Å². The first-order valence-corrected chi connectivity index (χ1v) is 12.7. The van der Waals surface area contributed by atoms with E-state index in [1.807, 2.05) is 36.4 Å². The lowest BCUT2D eigenvalue weighted by Crippen LogP contribution is -2.40. The van der Waals surface area contributed by atoms with E-state index in [1.165, 1.54) is 37.6 Å². The predicted molar refractivity (Wildman–Crippen MR) is 131 cm³/mol. The third-order valence-corrected chi connectivity index (χ3v) is 7.44. The van der Waals surface area contributed by atoms with Crippen molar-refractivity contribution in [1.82, 2.24) is 14.5 Å². The topological polar surface area (TPSA) is 47.4 Å². The van der Waals surface area contributed by atoms with Gasteiger partial charge in [0.15, 0.2) is 0 Å². The van der Waals surface area contributed by atoms with Crippen molar-refractivity contribution in [1.29, 1.82) is 0 Å². The molecule has 174 valence electrons. The number of para-hydroxylation sites is 3. The highest BCUT2D eigenvalue weighted by molar-refractivity contribution is 5.77. The molecule has 0 bridgehead atoms. The van der Waals surface area contributed by atoms with Gasteiger partial charge in [-0.25, -0.2) is 4.98 Å². The molecule has 1 saturated carbocycles. The van der Waals surface area contributed by atoms with Crippen molar-refractivity contribution >= 4 is 16.9 Å². The van der Waals surface area contributed by atoms with Crippen LogP contribution in [0.2, 0.25) is 0 Å². The fraction of sp³-hybridized carbons (Fsp3) is 0.500. The summed E-state index contributed by atoms with van der Waals surface area (Å²) in [6.07, 6.45) is 9.30. The van der Waals surface area contributed by atoms with Crippen molar-refractivity contribution in [3.63, 3.8) is 0 Å². The van der Waals surface area contributed by atoms with Crippen LogP contribution < -0.4 is 4.74 Å². The Hall–Kier alpha value is -2.82. The standard InChI is InChI=1S/C28H35N3O2/c32-28(19-22-9-3-1-4-10-22)30-17-15-23(16-18-30)20-31-26-14-8-7-13-25(26)29-27(31)21-33-24-11-5-2-6-12-24/h2,5-8,11-14,22-23H,1,3-4,9-10,15-21H2. The van der Waals surface area contributed by atoms with Gasteiger partial charge in [-0.2, -0.15) is 0 Å². The van der Waals surface area contributed by atoms with Gasteiger partial charge in [-0.3, -0.25) is 4.79 Å². The lowest BCUT2D eigenvalue weighted by Gasteiger charge is -2.34. The number of hydrogen-bond donors (Lipinski definition) is 0. The van der Waals surface area contributed by atoms with E-state index in [0.717, 1.165) is 56.0 Å². The molecular weight excluding hydrogens is 410 g/mol. The molecule has 5 nitrogen and oxygen atoms in total. The maximum absolute atomic E-state index is 12.8. The molecular formula is C28H35N3O2. The Bertz CT molecular complexity index is 1050. The van der Waals surface area contributed by atoms with Gasteiger partial charge < -0.3 is 14.2 Å². The molecule has 2 fully saturated rings. The van der Waals surface area contributed by atoms with Gasteiger partial charge in [0.1, 0.15) is 18.2 Å². The van der Waals surface area contributed by atoms with E-state index in [2.05, 4.69) is 27.7 Å². The van der Waals surface area contributed by atoms with Crippen LogP contribution in [0.1, 0.15) is 57.2 Å². The van der Waals surface area contributed by atoms with Gasteiger partial charge >= 0.3 is 0 Å². The average Bonchev–Trinajstić information content (AvgIpc) is 3.21. The van der Waals surface area contributed by atoms with Crippen LogP contribution >= 0.6 is 0 Å². The number of benzene rings is 2. The Morgan fingerprint density at radius 1 is 0.879 bits per heavy atom. The van der Waals surface area contributed by atoms with Gasteiger partial charge in [-0.1, -0.05) is 49.6 Å². The maximum atomic E-state index is 12.8. The van der Waals surface area contributed by atoms with Gasteiger partial charge in [-0.15, -0.1) is 0 Å². The average molecular weight is 446 g/mol.